The van der Waals surface area contributed by atoms with Crippen LogP contribution >= 0.6 is 0 Å². The molecule has 0 aliphatic heterocycles. The topological polar surface area (TPSA) is 145 Å². The third-order valence-electron chi connectivity index (χ3n) is 7.40. The first-order valence-corrected chi connectivity index (χ1v) is 17.5. The van der Waals surface area contributed by atoms with E-state index in [9.17, 15) is 25.9 Å². The molecule has 4 N–H and O–H groups in total. The smallest absolute Gasteiger partial charge is 0.294 e. The molecule has 0 fully saturated rings. The van der Waals surface area contributed by atoms with Crippen LogP contribution in [0.5, 0.6) is 0 Å². The van der Waals surface area contributed by atoms with Crippen molar-refractivity contribution in [3.05, 3.63) is 168 Å². The SMILES string of the molecule is O=S(=O)(O)c1ccc(Nc2ccc(C(=C3C=CC(=Nc4ccccc4)C=C3)c3ccc(Nc4ccc(S(=O)(=O)O)cc4)cc3)cc2)cc1.[Na]. The molecule has 1 aliphatic carbocycles. The number of rotatable bonds is 9. The Bertz CT molecular complexity index is 2140. The van der Waals surface area contributed by atoms with Gasteiger partial charge in [-0.05, 0) is 119 Å². The molecule has 0 heterocycles. The number of anilines is 4. The Hall–Kier alpha value is -4.59. The van der Waals surface area contributed by atoms with Crippen LogP contribution < -0.4 is 10.6 Å². The molecule has 0 saturated heterocycles. The number of allylic oxidation sites excluding steroid dienone is 5. The molecule has 0 aromatic heterocycles. The Morgan fingerprint density at radius 3 is 1.22 bits per heavy atom. The van der Waals surface area contributed by atoms with Crippen LogP contribution in [-0.4, -0.2) is 61.2 Å². The largest absolute Gasteiger partial charge is 0.356 e. The number of nitrogens with one attached hydrogen (secondary N) is 2. The average molecular weight is 699 g/mol. The first-order chi connectivity index (χ1) is 23.0. The monoisotopic (exact) mass is 698 g/mol. The molecule has 5 aromatic carbocycles. The maximum absolute atomic E-state index is 11.4. The van der Waals surface area contributed by atoms with E-state index >= 15 is 0 Å². The van der Waals surface area contributed by atoms with Gasteiger partial charge in [-0.1, -0.05) is 54.6 Å². The van der Waals surface area contributed by atoms with Gasteiger partial charge in [-0.25, -0.2) is 4.99 Å². The van der Waals surface area contributed by atoms with Crippen molar-refractivity contribution in [1.82, 2.24) is 0 Å². The summed E-state index contributed by atoms with van der Waals surface area (Å²) < 4.78 is 64.0. The first kappa shape index (κ1) is 35.7. The molecule has 1 radical (unpaired) electrons. The molecule has 0 atom stereocenters. The average Bonchev–Trinajstić information content (AvgIpc) is 3.07. The number of para-hydroxylation sites is 1. The van der Waals surface area contributed by atoms with Gasteiger partial charge in [0.25, 0.3) is 20.2 Å². The van der Waals surface area contributed by atoms with Crippen LogP contribution in [0.2, 0.25) is 0 Å². The molecule has 1 aliphatic rings. The zero-order valence-electron chi connectivity index (χ0n) is 26.2. The number of aliphatic imine (C=N–C) groups is 1. The number of hydrogen-bond acceptors (Lipinski definition) is 7. The summed E-state index contributed by atoms with van der Waals surface area (Å²) in [5, 5.41) is 6.50. The Balaban J connectivity index is 0.00000468. The van der Waals surface area contributed by atoms with Crippen molar-refractivity contribution in [3.63, 3.8) is 0 Å². The van der Waals surface area contributed by atoms with Gasteiger partial charge in [0, 0.05) is 52.3 Å². The standard InChI is InChI=1S/C37H29N3O6S2.Na/c41-47(42,43)35-22-18-33(19-23-35)39-31-14-8-27(9-15-31)37(26-6-12-30(13-7-26)38-29-4-2-1-3-5-29)28-10-16-32(17-11-28)40-34-20-24-36(25-21-34)48(44,45)46;/h1-25,39-40H,(H,41,42,43)(H,44,45,46);. The third kappa shape index (κ3) is 9.31. The Kier molecular flexibility index (Phi) is 11.2. The summed E-state index contributed by atoms with van der Waals surface area (Å²) in [5.74, 6) is 0. The fraction of sp³-hybridized carbons (Fsp3) is 0. The predicted octanol–water partition coefficient (Wildman–Crippen LogP) is 7.99. The number of nitrogens with zero attached hydrogens (tertiary/aromatic N) is 1. The zero-order valence-corrected chi connectivity index (χ0v) is 29.9. The minimum atomic E-state index is -4.27. The fourth-order valence-electron chi connectivity index (χ4n) is 5.05. The summed E-state index contributed by atoms with van der Waals surface area (Å²) in [6, 6.07) is 37.1. The molecule has 241 valence electrons. The summed E-state index contributed by atoms with van der Waals surface area (Å²) >= 11 is 0. The molecule has 0 amide bonds. The summed E-state index contributed by atoms with van der Waals surface area (Å²) in [5.41, 5.74) is 8.45. The van der Waals surface area contributed by atoms with E-state index in [0.29, 0.717) is 11.4 Å². The molecule has 0 spiro atoms. The molecule has 6 rings (SSSR count). The maximum Gasteiger partial charge on any atom is 0.294 e. The Labute approximate surface area is 307 Å². The van der Waals surface area contributed by atoms with E-state index in [1.54, 1.807) is 24.3 Å². The Morgan fingerprint density at radius 1 is 0.490 bits per heavy atom. The minimum Gasteiger partial charge on any atom is -0.356 e. The van der Waals surface area contributed by atoms with Gasteiger partial charge in [-0.15, -0.1) is 0 Å². The zero-order chi connectivity index (χ0) is 33.7. The molecule has 12 heteroatoms. The molecule has 5 aromatic rings. The van der Waals surface area contributed by atoms with Gasteiger partial charge < -0.3 is 10.6 Å². The van der Waals surface area contributed by atoms with Crippen molar-refractivity contribution in [2.75, 3.05) is 10.6 Å². The maximum atomic E-state index is 11.4. The van der Waals surface area contributed by atoms with Gasteiger partial charge in [-0.2, -0.15) is 16.8 Å². The van der Waals surface area contributed by atoms with Crippen molar-refractivity contribution < 1.29 is 25.9 Å². The molecule has 49 heavy (non-hydrogen) atoms. The van der Waals surface area contributed by atoms with Crippen LogP contribution in [-0.2, 0) is 20.2 Å². The van der Waals surface area contributed by atoms with Crippen LogP contribution in [0.1, 0.15) is 11.1 Å². The predicted molar refractivity (Wildman–Crippen MR) is 196 cm³/mol. The van der Waals surface area contributed by atoms with Crippen molar-refractivity contribution >= 4 is 89.5 Å². The van der Waals surface area contributed by atoms with Crippen molar-refractivity contribution in [1.29, 1.82) is 0 Å². The van der Waals surface area contributed by atoms with Gasteiger partial charge in [0.2, 0.25) is 0 Å². The second-order valence-corrected chi connectivity index (χ2v) is 13.6. The van der Waals surface area contributed by atoms with E-state index in [1.807, 2.05) is 103 Å². The summed E-state index contributed by atoms with van der Waals surface area (Å²) in [4.78, 5) is 4.35. The number of hydrogen-bond donors (Lipinski definition) is 4. The van der Waals surface area contributed by atoms with Gasteiger partial charge >= 0.3 is 0 Å². The molecular formula is C37H29N3NaO6S2. The van der Waals surface area contributed by atoms with E-state index in [-0.39, 0.29) is 39.3 Å². The first-order valence-electron chi connectivity index (χ1n) is 14.7. The molecule has 0 saturated carbocycles. The van der Waals surface area contributed by atoms with Crippen LogP contribution in [0.4, 0.5) is 28.4 Å². The Morgan fingerprint density at radius 2 is 0.857 bits per heavy atom. The summed E-state index contributed by atoms with van der Waals surface area (Å²) in [6.07, 6.45) is 8.01. The van der Waals surface area contributed by atoms with Gasteiger partial charge in [0.05, 0.1) is 21.2 Å². The second kappa shape index (κ2) is 15.3. The van der Waals surface area contributed by atoms with Gasteiger partial charge in [0.15, 0.2) is 0 Å². The normalized spacial score (nSPS) is 12.6. The second-order valence-electron chi connectivity index (χ2n) is 10.8. The van der Waals surface area contributed by atoms with Crippen molar-refractivity contribution in [2.24, 2.45) is 4.99 Å². The molecular weight excluding hydrogens is 670 g/mol. The molecule has 0 bridgehead atoms. The number of benzene rings is 5. The van der Waals surface area contributed by atoms with E-state index < -0.39 is 20.2 Å². The summed E-state index contributed by atoms with van der Waals surface area (Å²) in [7, 11) is -8.55. The van der Waals surface area contributed by atoms with Crippen molar-refractivity contribution in [3.8, 4) is 0 Å². The van der Waals surface area contributed by atoms with Crippen molar-refractivity contribution in [2.45, 2.75) is 9.79 Å². The summed E-state index contributed by atoms with van der Waals surface area (Å²) in [6.45, 7) is 0. The van der Waals surface area contributed by atoms with E-state index in [0.717, 1.165) is 45.0 Å². The van der Waals surface area contributed by atoms with Gasteiger partial charge in [0.1, 0.15) is 0 Å². The quantitative estimate of drug-likeness (QED) is 0.0896. The van der Waals surface area contributed by atoms with Crippen LogP contribution in [0.3, 0.4) is 0 Å². The minimum absolute atomic E-state index is 0. The van der Waals surface area contributed by atoms with Crippen LogP contribution in [0, 0.1) is 0 Å². The van der Waals surface area contributed by atoms with Crippen LogP contribution in [0.15, 0.2) is 172 Å². The van der Waals surface area contributed by atoms with E-state index in [1.165, 1.54) is 24.3 Å². The van der Waals surface area contributed by atoms with Gasteiger partial charge in [-0.3, -0.25) is 9.11 Å². The fourth-order valence-corrected chi connectivity index (χ4v) is 6.01. The van der Waals surface area contributed by atoms with Crippen LogP contribution in [0.25, 0.3) is 5.57 Å². The molecule has 0 unspecified atom stereocenters. The van der Waals surface area contributed by atoms with E-state index in [4.69, 9.17) is 4.99 Å². The van der Waals surface area contributed by atoms with E-state index in [2.05, 4.69) is 10.6 Å². The molecule has 9 nitrogen and oxygen atoms in total. The third-order valence-corrected chi connectivity index (χ3v) is 9.13.